The van der Waals surface area contributed by atoms with Crippen molar-refractivity contribution in [1.29, 1.82) is 0 Å². The summed E-state index contributed by atoms with van der Waals surface area (Å²) in [5.41, 5.74) is 1.01. The van der Waals surface area contributed by atoms with Crippen LogP contribution in [0.4, 0.5) is 14.7 Å². The number of nitrogens with zero attached hydrogens (tertiary/aromatic N) is 3. The summed E-state index contributed by atoms with van der Waals surface area (Å²) >= 11 is 0. The van der Waals surface area contributed by atoms with Gasteiger partial charge in [-0.3, -0.25) is 4.79 Å². The molecular formula is C22H26F2N4O3. The van der Waals surface area contributed by atoms with Gasteiger partial charge in [-0.15, -0.1) is 0 Å². The molecule has 1 aromatic heterocycles. The van der Waals surface area contributed by atoms with Crippen LogP contribution in [0.25, 0.3) is 0 Å². The molecule has 1 aromatic carbocycles. The third-order valence-electron chi connectivity index (χ3n) is 5.55. The molecule has 0 bridgehead atoms. The quantitative estimate of drug-likeness (QED) is 0.689. The number of nitrogens with one attached hydrogen (secondary N) is 1. The van der Waals surface area contributed by atoms with Crippen molar-refractivity contribution in [2.45, 2.75) is 44.8 Å². The highest BCUT2D eigenvalue weighted by atomic mass is 19.3. The summed E-state index contributed by atoms with van der Waals surface area (Å²) in [5.74, 6) is -1.62. The molecule has 7 nitrogen and oxygen atoms in total. The number of aromatic nitrogens is 2. The van der Waals surface area contributed by atoms with E-state index in [0.29, 0.717) is 18.2 Å². The van der Waals surface area contributed by atoms with E-state index in [1.54, 1.807) is 0 Å². The third kappa shape index (κ3) is 5.39. The van der Waals surface area contributed by atoms with Gasteiger partial charge in [0.15, 0.2) is 5.75 Å². The van der Waals surface area contributed by atoms with Crippen LogP contribution in [0.2, 0.25) is 0 Å². The number of amides is 1. The zero-order valence-electron chi connectivity index (χ0n) is 17.6. The molecule has 2 heterocycles. The van der Waals surface area contributed by atoms with E-state index in [4.69, 9.17) is 9.47 Å². The van der Waals surface area contributed by atoms with Gasteiger partial charge >= 0.3 is 0 Å². The Balaban J connectivity index is 1.26. The van der Waals surface area contributed by atoms with Crippen molar-refractivity contribution in [2.75, 3.05) is 24.6 Å². The van der Waals surface area contributed by atoms with Gasteiger partial charge in [-0.2, -0.15) is 0 Å². The number of rotatable bonds is 8. The van der Waals surface area contributed by atoms with Crippen LogP contribution in [0.1, 0.15) is 38.3 Å². The predicted molar refractivity (Wildman–Crippen MR) is 111 cm³/mol. The van der Waals surface area contributed by atoms with Crippen LogP contribution in [-0.4, -0.2) is 47.6 Å². The number of ether oxygens (including phenoxy) is 2. The summed E-state index contributed by atoms with van der Waals surface area (Å²) < 4.78 is 37.3. The van der Waals surface area contributed by atoms with Crippen molar-refractivity contribution in [3.8, 4) is 11.5 Å². The zero-order valence-corrected chi connectivity index (χ0v) is 17.6. The Labute approximate surface area is 179 Å². The molecule has 3 atom stereocenters. The maximum absolute atomic E-state index is 12.9. The number of hydrogen-bond donors (Lipinski definition) is 1. The molecule has 0 radical (unpaired) electrons. The van der Waals surface area contributed by atoms with Gasteiger partial charge in [0.2, 0.25) is 11.9 Å². The van der Waals surface area contributed by atoms with E-state index in [1.807, 2.05) is 36.1 Å². The average molecular weight is 432 g/mol. The smallest absolute Gasteiger partial charge is 0.255 e. The van der Waals surface area contributed by atoms with Crippen LogP contribution in [0.5, 0.6) is 11.5 Å². The van der Waals surface area contributed by atoms with Crippen LogP contribution < -0.4 is 19.7 Å². The Hall–Kier alpha value is -2.97. The Morgan fingerprint density at radius 2 is 1.94 bits per heavy atom. The van der Waals surface area contributed by atoms with Gasteiger partial charge in [0.05, 0.1) is 37.5 Å². The van der Waals surface area contributed by atoms with Crippen molar-refractivity contribution < 1.29 is 23.0 Å². The van der Waals surface area contributed by atoms with E-state index in [0.717, 1.165) is 24.3 Å². The lowest BCUT2D eigenvalue weighted by molar-refractivity contribution is -0.119. The topological polar surface area (TPSA) is 76.6 Å². The summed E-state index contributed by atoms with van der Waals surface area (Å²) in [7, 11) is 0. The van der Waals surface area contributed by atoms with Gasteiger partial charge in [0.1, 0.15) is 11.9 Å². The first kappa shape index (κ1) is 21.3. The minimum atomic E-state index is -2.59. The first-order valence-corrected chi connectivity index (χ1v) is 10.4. The third-order valence-corrected chi connectivity index (χ3v) is 5.55. The van der Waals surface area contributed by atoms with Crippen molar-refractivity contribution in [3.05, 3.63) is 42.2 Å². The molecule has 2 fully saturated rings. The van der Waals surface area contributed by atoms with Crippen molar-refractivity contribution in [3.63, 3.8) is 0 Å². The standard InChI is InChI=1S/C22H26F2N4O3/c1-14(27-15(2)29)16-3-5-18(6-4-16)31-19-7-8-28(12-19)21-25-10-20(11-26-21)30-13-17-9-22(17,23)24/h3-6,10-11,14,17,19H,7-9,12-13H2,1-2H3,(H,27,29)/t14-,17+,19+/m0/s1. The molecule has 2 aromatic rings. The fourth-order valence-corrected chi connectivity index (χ4v) is 3.62. The Morgan fingerprint density at radius 1 is 1.26 bits per heavy atom. The molecular weight excluding hydrogens is 406 g/mol. The number of carbonyl (C=O) groups is 1. The second kappa shape index (κ2) is 8.64. The zero-order chi connectivity index (χ0) is 22.0. The summed E-state index contributed by atoms with van der Waals surface area (Å²) in [4.78, 5) is 21.8. The van der Waals surface area contributed by atoms with E-state index in [-0.39, 0.29) is 31.1 Å². The number of halogens is 2. The fraction of sp³-hybridized carbons (Fsp3) is 0.500. The van der Waals surface area contributed by atoms with Gasteiger partial charge in [-0.05, 0) is 24.6 Å². The molecule has 2 aliphatic rings. The Bertz CT molecular complexity index is 908. The second-order valence-corrected chi connectivity index (χ2v) is 8.16. The van der Waals surface area contributed by atoms with E-state index >= 15 is 0 Å². The van der Waals surface area contributed by atoms with Crippen LogP contribution in [0, 0.1) is 5.92 Å². The van der Waals surface area contributed by atoms with Crippen LogP contribution in [-0.2, 0) is 4.79 Å². The molecule has 1 saturated heterocycles. The lowest BCUT2D eigenvalue weighted by atomic mass is 10.1. The van der Waals surface area contributed by atoms with Gasteiger partial charge in [0.25, 0.3) is 5.92 Å². The summed E-state index contributed by atoms with van der Waals surface area (Å²) in [5, 5.41) is 2.86. The molecule has 0 unspecified atom stereocenters. The van der Waals surface area contributed by atoms with Crippen molar-refractivity contribution in [2.24, 2.45) is 5.92 Å². The molecule has 1 aliphatic heterocycles. The first-order chi connectivity index (χ1) is 14.8. The normalized spacial score (nSPS) is 22.6. The lowest BCUT2D eigenvalue weighted by Gasteiger charge is -2.18. The highest BCUT2D eigenvalue weighted by Crippen LogP contribution is 2.48. The van der Waals surface area contributed by atoms with E-state index in [2.05, 4.69) is 15.3 Å². The SMILES string of the molecule is CC(=O)N[C@@H](C)c1ccc(O[C@@H]2CCN(c3ncc(OC[C@H]4CC4(F)F)cn3)C2)cc1. The maximum Gasteiger partial charge on any atom is 0.255 e. The highest BCUT2D eigenvalue weighted by molar-refractivity contribution is 5.73. The fourth-order valence-electron chi connectivity index (χ4n) is 3.62. The summed E-state index contributed by atoms with van der Waals surface area (Å²) in [6.45, 7) is 4.83. The molecule has 4 rings (SSSR count). The molecule has 1 N–H and O–H groups in total. The van der Waals surface area contributed by atoms with E-state index in [9.17, 15) is 13.6 Å². The minimum absolute atomic E-state index is 0.00948. The molecule has 31 heavy (non-hydrogen) atoms. The molecule has 1 aliphatic carbocycles. The molecule has 0 spiro atoms. The largest absolute Gasteiger partial charge is 0.490 e. The monoisotopic (exact) mass is 432 g/mol. The van der Waals surface area contributed by atoms with E-state index < -0.39 is 11.8 Å². The predicted octanol–water partition coefficient (Wildman–Crippen LogP) is 3.37. The van der Waals surface area contributed by atoms with Gasteiger partial charge in [-0.1, -0.05) is 12.1 Å². The molecule has 166 valence electrons. The van der Waals surface area contributed by atoms with Crippen LogP contribution >= 0.6 is 0 Å². The number of alkyl halides is 2. The Morgan fingerprint density at radius 3 is 2.55 bits per heavy atom. The highest BCUT2D eigenvalue weighted by Gasteiger charge is 2.57. The number of hydrogen-bond acceptors (Lipinski definition) is 6. The van der Waals surface area contributed by atoms with Gasteiger partial charge in [0, 0.05) is 26.3 Å². The number of anilines is 1. The first-order valence-electron chi connectivity index (χ1n) is 10.4. The van der Waals surface area contributed by atoms with Crippen LogP contribution in [0.15, 0.2) is 36.7 Å². The number of carbonyl (C=O) groups excluding carboxylic acids is 1. The van der Waals surface area contributed by atoms with E-state index in [1.165, 1.54) is 19.3 Å². The number of benzene rings is 1. The van der Waals surface area contributed by atoms with Crippen molar-refractivity contribution >= 4 is 11.9 Å². The molecule has 1 saturated carbocycles. The summed E-state index contributed by atoms with van der Waals surface area (Å²) in [6, 6.07) is 7.65. The maximum atomic E-state index is 12.9. The minimum Gasteiger partial charge on any atom is -0.490 e. The second-order valence-electron chi connectivity index (χ2n) is 8.16. The molecule has 9 heteroatoms. The Kier molecular flexibility index (Phi) is 5.93. The van der Waals surface area contributed by atoms with Gasteiger partial charge in [-0.25, -0.2) is 18.7 Å². The van der Waals surface area contributed by atoms with Crippen LogP contribution in [0.3, 0.4) is 0 Å². The molecule has 1 amide bonds. The summed E-state index contributed by atoms with van der Waals surface area (Å²) in [6.07, 6.45) is 3.77. The lowest BCUT2D eigenvalue weighted by Crippen LogP contribution is -2.26. The average Bonchev–Trinajstić information content (AvgIpc) is 3.11. The van der Waals surface area contributed by atoms with Crippen molar-refractivity contribution in [1.82, 2.24) is 15.3 Å². The van der Waals surface area contributed by atoms with Gasteiger partial charge < -0.3 is 19.7 Å².